The first kappa shape index (κ1) is 25.5. The average molecular weight is 489 g/mol. The lowest BCUT2D eigenvalue weighted by Gasteiger charge is -2.20. The number of hydrogen-bond donors (Lipinski definition) is 2. The van der Waals surface area contributed by atoms with Gasteiger partial charge >= 0.3 is 0 Å². The van der Waals surface area contributed by atoms with Gasteiger partial charge in [0, 0.05) is 16.1 Å². The van der Waals surface area contributed by atoms with Crippen LogP contribution < -0.4 is 15.5 Å². The molecule has 1 unspecified atom stereocenters. The van der Waals surface area contributed by atoms with Crippen LogP contribution in [0, 0.1) is 17.2 Å². The van der Waals surface area contributed by atoms with Crippen molar-refractivity contribution in [3.63, 3.8) is 0 Å². The molecule has 2 amide bonds. The molecule has 0 aromatic heterocycles. The lowest BCUT2D eigenvalue weighted by molar-refractivity contribution is -0.123. The average Bonchev–Trinajstić information content (AvgIpc) is 2.87. The van der Waals surface area contributed by atoms with Crippen molar-refractivity contribution in [3.05, 3.63) is 100 Å². The van der Waals surface area contributed by atoms with Crippen molar-refractivity contribution >= 4 is 29.6 Å². The van der Waals surface area contributed by atoms with Gasteiger partial charge in [-0.1, -0.05) is 43.6 Å². The Morgan fingerprint density at radius 3 is 2.40 bits per heavy atom. The fraction of sp³-hybridized carbons (Fsp3) is 0.185. The summed E-state index contributed by atoms with van der Waals surface area (Å²) < 4.78 is 5.76. The molecule has 0 saturated carbocycles. The third kappa shape index (κ3) is 7.42. The van der Waals surface area contributed by atoms with E-state index in [2.05, 4.69) is 21.9 Å². The van der Waals surface area contributed by atoms with E-state index >= 15 is 0 Å². The van der Waals surface area contributed by atoms with Crippen LogP contribution in [0.1, 0.15) is 40.9 Å². The number of carbonyl (C=O) groups is 2. The molecule has 0 heterocycles. The molecule has 0 spiro atoms. The Morgan fingerprint density at radius 2 is 1.74 bits per heavy atom. The van der Waals surface area contributed by atoms with Crippen LogP contribution in [0.2, 0.25) is 5.02 Å². The SMILES string of the molecule is CC(C)C(NC(=O)c1ccc(Cl)cc1)C(=O)NN=Cc1ccc(OCc2ccccc2C#N)cc1. The first-order valence-corrected chi connectivity index (χ1v) is 11.4. The van der Waals surface area contributed by atoms with E-state index in [0.717, 1.165) is 11.1 Å². The van der Waals surface area contributed by atoms with Crippen LogP contribution in [0.4, 0.5) is 0 Å². The first-order chi connectivity index (χ1) is 16.9. The molecular weight excluding hydrogens is 464 g/mol. The maximum absolute atomic E-state index is 12.6. The maximum Gasteiger partial charge on any atom is 0.262 e. The van der Waals surface area contributed by atoms with Gasteiger partial charge in [-0.25, -0.2) is 5.43 Å². The highest BCUT2D eigenvalue weighted by atomic mass is 35.5. The van der Waals surface area contributed by atoms with Crippen LogP contribution in [0.25, 0.3) is 0 Å². The number of hydrazone groups is 1. The molecule has 178 valence electrons. The van der Waals surface area contributed by atoms with Crippen molar-refractivity contribution in [2.24, 2.45) is 11.0 Å². The molecule has 0 radical (unpaired) electrons. The highest BCUT2D eigenvalue weighted by Crippen LogP contribution is 2.15. The smallest absolute Gasteiger partial charge is 0.262 e. The van der Waals surface area contributed by atoms with Gasteiger partial charge in [0.15, 0.2) is 0 Å². The third-order valence-electron chi connectivity index (χ3n) is 5.14. The second-order valence-electron chi connectivity index (χ2n) is 8.06. The molecule has 0 saturated heterocycles. The quantitative estimate of drug-likeness (QED) is 0.336. The molecule has 2 N–H and O–H groups in total. The molecule has 0 aliphatic rings. The second-order valence-corrected chi connectivity index (χ2v) is 8.50. The number of hydrogen-bond acceptors (Lipinski definition) is 5. The summed E-state index contributed by atoms with van der Waals surface area (Å²) in [6, 6.07) is 22.2. The first-order valence-electron chi connectivity index (χ1n) is 11.0. The third-order valence-corrected chi connectivity index (χ3v) is 5.39. The summed E-state index contributed by atoms with van der Waals surface area (Å²) in [6.45, 7) is 3.96. The van der Waals surface area contributed by atoms with Crippen molar-refractivity contribution in [1.29, 1.82) is 5.26 Å². The molecule has 7 nitrogen and oxygen atoms in total. The normalized spacial score (nSPS) is 11.6. The van der Waals surface area contributed by atoms with E-state index in [4.69, 9.17) is 21.6 Å². The van der Waals surface area contributed by atoms with Gasteiger partial charge < -0.3 is 10.1 Å². The molecular formula is C27H25ClN4O3. The van der Waals surface area contributed by atoms with E-state index in [9.17, 15) is 9.59 Å². The van der Waals surface area contributed by atoms with Crippen molar-refractivity contribution < 1.29 is 14.3 Å². The number of carbonyl (C=O) groups excluding carboxylic acids is 2. The van der Waals surface area contributed by atoms with Gasteiger partial charge in [0.05, 0.1) is 17.8 Å². The Balaban J connectivity index is 1.54. The molecule has 35 heavy (non-hydrogen) atoms. The summed E-state index contributed by atoms with van der Waals surface area (Å²) in [5.41, 5.74) is 5.04. The lowest BCUT2D eigenvalue weighted by Crippen LogP contribution is -2.48. The van der Waals surface area contributed by atoms with Crippen LogP contribution in [-0.2, 0) is 11.4 Å². The zero-order valence-electron chi connectivity index (χ0n) is 19.4. The minimum Gasteiger partial charge on any atom is -0.489 e. The van der Waals surface area contributed by atoms with Crippen molar-refractivity contribution in [2.75, 3.05) is 0 Å². The van der Waals surface area contributed by atoms with Crippen LogP contribution in [0.3, 0.4) is 0 Å². The van der Waals surface area contributed by atoms with Gasteiger partial charge in [-0.3, -0.25) is 9.59 Å². The largest absolute Gasteiger partial charge is 0.489 e. The standard InChI is InChI=1S/C27H25ClN4O3/c1-18(2)25(31-26(33)20-9-11-23(28)12-10-20)27(34)32-30-16-19-7-13-24(14-8-19)35-17-22-6-4-3-5-21(22)15-29/h3-14,16,18,25H,17H2,1-2H3,(H,31,33)(H,32,34). The number of benzene rings is 3. The summed E-state index contributed by atoms with van der Waals surface area (Å²) in [4.78, 5) is 25.1. The van der Waals surface area contributed by atoms with Crippen LogP contribution in [0.15, 0.2) is 77.9 Å². The Labute approximate surface area is 209 Å². The lowest BCUT2D eigenvalue weighted by atomic mass is 10.0. The fourth-order valence-corrected chi connectivity index (χ4v) is 3.29. The zero-order chi connectivity index (χ0) is 25.2. The second kappa shape index (κ2) is 12.4. The van der Waals surface area contributed by atoms with E-state index in [0.29, 0.717) is 21.9 Å². The van der Waals surface area contributed by atoms with E-state index in [1.165, 1.54) is 6.21 Å². The molecule has 3 rings (SSSR count). The van der Waals surface area contributed by atoms with E-state index in [1.54, 1.807) is 54.6 Å². The van der Waals surface area contributed by atoms with Crippen LogP contribution in [0.5, 0.6) is 5.75 Å². The maximum atomic E-state index is 12.6. The molecule has 0 aliphatic heterocycles. The van der Waals surface area contributed by atoms with Crippen molar-refractivity contribution in [1.82, 2.24) is 10.7 Å². The number of nitrogens with zero attached hydrogens (tertiary/aromatic N) is 2. The Morgan fingerprint density at radius 1 is 1.06 bits per heavy atom. The minimum atomic E-state index is -0.762. The highest BCUT2D eigenvalue weighted by Gasteiger charge is 2.24. The zero-order valence-corrected chi connectivity index (χ0v) is 20.1. The van der Waals surface area contributed by atoms with E-state index < -0.39 is 11.9 Å². The topological polar surface area (TPSA) is 104 Å². The number of halogens is 1. The van der Waals surface area contributed by atoms with E-state index in [-0.39, 0.29) is 18.4 Å². The van der Waals surface area contributed by atoms with Gasteiger partial charge in [-0.05, 0) is 66.1 Å². The van der Waals surface area contributed by atoms with Gasteiger partial charge in [0.25, 0.3) is 11.8 Å². The number of amides is 2. The predicted octanol–water partition coefficient (Wildman–Crippen LogP) is 4.70. The van der Waals surface area contributed by atoms with Gasteiger partial charge in [-0.15, -0.1) is 0 Å². The number of nitriles is 1. The van der Waals surface area contributed by atoms with Crippen LogP contribution >= 0.6 is 11.6 Å². The summed E-state index contributed by atoms with van der Waals surface area (Å²) in [6.07, 6.45) is 1.51. The fourth-order valence-electron chi connectivity index (χ4n) is 3.17. The number of rotatable bonds is 9. The predicted molar refractivity (Wildman–Crippen MR) is 135 cm³/mol. The summed E-state index contributed by atoms with van der Waals surface area (Å²) in [5.74, 6) is -0.296. The Hall–Kier alpha value is -4.15. The Kier molecular flexibility index (Phi) is 8.99. The molecule has 0 fully saturated rings. The van der Waals surface area contributed by atoms with Crippen molar-refractivity contribution in [2.45, 2.75) is 26.5 Å². The monoisotopic (exact) mass is 488 g/mol. The molecule has 8 heteroatoms. The van der Waals surface area contributed by atoms with Crippen molar-refractivity contribution in [3.8, 4) is 11.8 Å². The molecule has 3 aromatic carbocycles. The highest BCUT2D eigenvalue weighted by molar-refractivity contribution is 6.30. The minimum absolute atomic E-state index is 0.149. The molecule has 3 aromatic rings. The van der Waals surface area contributed by atoms with Gasteiger partial charge in [-0.2, -0.15) is 10.4 Å². The molecule has 0 bridgehead atoms. The number of nitrogens with one attached hydrogen (secondary N) is 2. The number of ether oxygens (including phenoxy) is 1. The summed E-state index contributed by atoms with van der Waals surface area (Å²) in [5, 5.41) is 16.4. The van der Waals surface area contributed by atoms with Gasteiger partial charge in [0.2, 0.25) is 0 Å². The summed E-state index contributed by atoms with van der Waals surface area (Å²) in [7, 11) is 0. The molecule has 1 atom stereocenters. The summed E-state index contributed by atoms with van der Waals surface area (Å²) >= 11 is 5.86. The molecule has 0 aliphatic carbocycles. The van der Waals surface area contributed by atoms with E-state index in [1.807, 2.05) is 32.0 Å². The Bertz CT molecular complexity index is 1230. The van der Waals surface area contributed by atoms with Crippen LogP contribution in [-0.4, -0.2) is 24.1 Å². The van der Waals surface area contributed by atoms with Gasteiger partial charge in [0.1, 0.15) is 18.4 Å².